The fraction of sp³-hybridized carbons (Fsp3) is 0.562. The predicted molar refractivity (Wildman–Crippen MR) is 74.1 cm³/mol. The third-order valence-corrected chi connectivity index (χ3v) is 4.37. The highest BCUT2D eigenvalue weighted by molar-refractivity contribution is 5.90. The molecular weight excluding hydrogens is 350 g/mol. The summed E-state index contributed by atoms with van der Waals surface area (Å²) < 4.78 is 77.0. The molecule has 0 aliphatic heterocycles. The lowest BCUT2D eigenvalue weighted by atomic mass is 9.73. The van der Waals surface area contributed by atoms with Gasteiger partial charge in [0.1, 0.15) is 5.92 Å². The Balaban J connectivity index is 2.27. The van der Waals surface area contributed by atoms with Crippen molar-refractivity contribution in [1.82, 2.24) is 4.98 Å². The molecule has 0 unspecified atom stereocenters. The van der Waals surface area contributed by atoms with Crippen LogP contribution in [-0.4, -0.2) is 16.9 Å². The second kappa shape index (κ2) is 7.02. The van der Waals surface area contributed by atoms with Gasteiger partial charge in [0.25, 0.3) is 0 Å². The minimum Gasteiger partial charge on any atom is -0.297 e. The first-order chi connectivity index (χ1) is 11.6. The Morgan fingerprint density at radius 2 is 1.80 bits per heavy atom. The topological polar surface area (TPSA) is 53.8 Å². The van der Waals surface area contributed by atoms with Crippen LogP contribution in [0.5, 0.6) is 0 Å². The number of alkyl halides is 6. The van der Waals surface area contributed by atoms with E-state index in [1.807, 2.05) is 0 Å². The van der Waals surface area contributed by atoms with Gasteiger partial charge < -0.3 is 0 Å². The van der Waals surface area contributed by atoms with Gasteiger partial charge in [0.2, 0.25) is 0 Å². The fourth-order valence-electron chi connectivity index (χ4n) is 3.10. The number of hydrogen-bond donors (Lipinski definition) is 0. The summed E-state index contributed by atoms with van der Waals surface area (Å²) in [6, 6.07) is 3.10. The molecule has 136 valence electrons. The molecule has 0 amide bonds. The summed E-state index contributed by atoms with van der Waals surface area (Å²) in [6.45, 7) is 0. The maximum atomic E-state index is 13.1. The standard InChI is InChI=1S/C16H14F6N2O/c17-15(18,19)9-5-6-13(24-8-9)11(7-23)14(25)10-3-1-2-4-12(10)16(20,21)22/h5-6,8,10-12H,1-4H2/t10-,11+,12-/m1/s1. The number of rotatable bonds is 3. The minimum absolute atomic E-state index is 0.00181. The van der Waals surface area contributed by atoms with E-state index in [4.69, 9.17) is 0 Å². The zero-order valence-corrected chi connectivity index (χ0v) is 12.9. The molecule has 0 saturated heterocycles. The molecule has 1 aliphatic rings. The van der Waals surface area contributed by atoms with Crippen molar-refractivity contribution in [3.63, 3.8) is 0 Å². The zero-order valence-electron chi connectivity index (χ0n) is 12.9. The highest BCUT2D eigenvalue weighted by atomic mass is 19.4. The number of nitrogens with zero attached hydrogens (tertiary/aromatic N) is 2. The number of pyridine rings is 1. The van der Waals surface area contributed by atoms with Gasteiger partial charge in [-0.2, -0.15) is 31.6 Å². The van der Waals surface area contributed by atoms with E-state index in [0.717, 1.165) is 6.07 Å². The quantitative estimate of drug-likeness (QED) is 0.734. The van der Waals surface area contributed by atoms with Crippen LogP contribution in [-0.2, 0) is 11.0 Å². The Kier molecular flexibility index (Phi) is 5.40. The lowest BCUT2D eigenvalue weighted by molar-refractivity contribution is -0.197. The first kappa shape index (κ1) is 19.2. The van der Waals surface area contributed by atoms with E-state index in [1.54, 1.807) is 6.07 Å². The van der Waals surface area contributed by atoms with E-state index in [-0.39, 0.29) is 18.5 Å². The maximum absolute atomic E-state index is 13.1. The average molecular weight is 364 g/mol. The zero-order chi connectivity index (χ0) is 18.8. The van der Waals surface area contributed by atoms with Gasteiger partial charge in [-0.05, 0) is 25.0 Å². The van der Waals surface area contributed by atoms with E-state index >= 15 is 0 Å². The normalized spacial score (nSPS) is 22.9. The van der Waals surface area contributed by atoms with Gasteiger partial charge in [-0.3, -0.25) is 9.78 Å². The summed E-state index contributed by atoms with van der Waals surface area (Å²) in [5.41, 5.74) is -1.33. The predicted octanol–water partition coefficient (Wildman–Crippen LogP) is 4.65. The Morgan fingerprint density at radius 1 is 1.16 bits per heavy atom. The summed E-state index contributed by atoms with van der Waals surface area (Å²) in [7, 11) is 0. The molecule has 25 heavy (non-hydrogen) atoms. The van der Waals surface area contributed by atoms with Gasteiger partial charge in [-0.15, -0.1) is 0 Å². The van der Waals surface area contributed by atoms with Crippen LogP contribution < -0.4 is 0 Å². The van der Waals surface area contributed by atoms with Crippen LogP contribution in [0.1, 0.15) is 42.9 Å². The molecule has 9 heteroatoms. The van der Waals surface area contributed by atoms with E-state index in [1.165, 1.54) is 0 Å². The van der Waals surface area contributed by atoms with Gasteiger partial charge in [0.05, 0.1) is 23.2 Å². The van der Waals surface area contributed by atoms with Crippen LogP contribution >= 0.6 is 0 Å². The van der Waals surface area contributed by atoms with Crippen LogP contribution in [0.15, 0.2) is 18.3 Å². The molecule has 1 fully saturated rings. The number of Topliss-reactive ketones (excluding diaryl/α,β-unsaturated/α-hetero) is 1. The van der Waals surface area contributed by atoms with Gasteiger partial charge in [0.15, 0.2) is 5.78 Å². The molecule has 1 aliphatic carbocycles. The number of hydrogen-bond acceptors (Lipinski definition) is 3. The van der Waals surface area contributed by atoms with Crippen molar-refractivity contribution < 1.29 is 31.1 Å². The Bertz CT molecular complexity index is 659. The third kappa shape index (κ3) is 4.30. The van der Waals surface area contributed by atoms with E-state index in [2.05, 4.69) is 4.98 Å². The Morgan fingerprint density at radius 3 is 2.28 bits per heavy atom. The summed E-state index contributed by atoms with van der Waals surface area (Å²) in [4.78, 5) is 16.0. The second-order valence-corrected chi connectivity index (χ2v) is 5.97. The lowest BCUT2D eigenvalue weighted by Gasteiger charge is -2.32. The van der Waals surface area contributed by atoms with Crippen LogP contribution in [0, 0.1) is 23.2 Å². The number of carbonyl (C=O) groups is 1. The highest BCUT2D eigenvalue weighted by Gasteiger charge is 2.49. The SMILES string of the molecule is N#C[C@H](C(=O)[C@@H]1CCCC[C@H]1C(F)(F)F)c1ccc(C(F)(F)F)cn1. The fourth-order valence-corrected chi connectivity index (χ4v) is 3.10. The average Bonchev–Trinajstić information content (AvgIpc) is 2.54. The largest absolute Gasteiger partial charge is 0.417 e. The molecule has 2 rings (SSSR count). The van der Waals surface area contributed by atoms with Gasteiger partial charge in [0, 0.05) is 12.1 Å². The summed E-state index contributed by atoms with van der Waals surface area (Å²) >= 11 is 0. The second-order valence-electron chi connectivity index (χ2n) is 5.97. The summed E-state index contributed by atoms with van der Waals surface area (Å²) in [5.74, 6) is -5.76. The number of carbonyl (C=O) groups excluding carboxylic acids is 1. The summed E-state index contributed by atoms with van der Waals surface area (Å²) in [6.07, 6.45) is -8.16. The van der Waals surface area contributed by atoms with E-state index in [9.17, 15) is 36.4 Å². The maximum Gasteiger partial charge on any atom is 0.417 e. The summed E-state index contributed by atoms with van der Waals surface area (Å²) in [5, 5.41) is 9.18. The Labute approximate surface area is 139 Å². The molecule has 1 aromatic rings. The van der Waals surface area contributed by atoms with Crippen molar-refractivity contribution in [3.8, 4) is 6.07 Å². The molecule has 1 saturated carbocycles. The van der Waals surface area contributed by atoms with Crippen LogP contribution in [0.25, 0.3) is 0 Å². The molecule has 0 bridgehead atoms. The van der Waals surface area contributed by atoms with Crippen molar-refractivity contribution in [2.45, 2.75) is 44.0 Å². The molecule has 0 radical (unpaired) electrons. The van der Waals surface area contributed by atoms with Crippen molar-refractivity contribution in [3.05, 3.63) is 29.6 Å². The van der Waals surface area contributed by atoms with Crippen molar-refractivity contribution >= 4 is 5.78 Å². The number of halogens is 6. The van der Waals surface area contributed by atoms with E-state index in [0.29, 0.717) is 25.1 Å². The van der Waals surface area contributed by atoms with Crippen LogP contribution in [0.4, 0.5) is 26.3 Å². The van der Waals surface area contributed by atoms with Crippen LogP contribution in [0.2, 0.25) is 0 Å². The third-order valence-electron chi connectivity index (χ3n) is 4.37. The lowest BCUT2D eigenvalue weighted by Crippen LogP contribution is -2.39. The number of ketones is 1. The monoisotopic (exact) mass is 364 g/mol. The van der Waals surface area contributed by atoms with Gasteiger partial charge in [-0.1, -0.05) is 12.8 Å². The van der Waals surface area contributed by atoms with Crippen molar-refractivity contribution in [2.75, 3.05) is 0 Å². The molecule has 0 aromatic carbocycles. The van der Waals surface area contributed by atoms with Gasteiger partial charge >= 0.3 is 12.4 Å². The minimum atomic E-state index is -4.64. The first-order valence-corrected chi connectivity index (χ1v) is 7.59. The molecule has 3 atom stereocenters. The number of aromatic nitrogens is 1. The van der Waals surface area contributed by atoms with Crippen molar-refractivity contribution in [2.24, 2.45) is 11.8 Å². The first-order valence-electron chi connectivity index (χ1n) is 7.59. The molecule has 3 nitrogen and oxygen atoms in total. The van der Waals surface area contributed by atoms with E-state index < -0.39 is 41.5 Å². The smallest absolute Gasteiger partial charge is 0.297 e. The molecular formula is C16H14F6N2O. The molecule has 0 N–H and O–H groups in total. The van der Waals surface area contributed by atoms with Crippen LogP contribution in [0.3, 0.4) is 0 Å². The molecule has 1 heterocycles. The van der Waals surface area contributed by atoms with Gasteiger partial charge in [-0.25, -0.2) is 0 Å². The Hall–Kier alpha value is -2.11. The number of nitriles is 1. The molecule has 1 aromatic heterocycles. The molecule has 0 spiro atoms. The highest BCUT2D eigenvalue weighted by Crippen LogP contribution is 2.43. The van der Waals surface area contributed by atoms with Crippen molar-refractivity contribution in [1.29, 1.82) is 5.26 Å².